The third-order valence-electron chi connectivity index (χ3n) is 1.78. The van der Waals surface area contributed by atoms with Crippen molar-refractivity contribution in [1.29, 1.82) is 0 Å². The molecule has 0 aromatic heterocycles. The second kappa shape index (κ2) is 3.89. The van der Waals surface area contributed by atoms with Gasteiger partial charge in [0.15, 0.2) is 0 Å². The summed E-state index contributed by atoms with van der Waals surface area (Å²) in [7, 11) is -3.92. The summed E-state index contributed by atoms with van der Waals surface area (Å²) in [6.45, 7) is 0. The zero-order chi connectivity index (χ0) is 12.6. The molecular formula is C9H7F3O3S. The Balaban J connectivity index is 3.10. The van der Waals surface area contributed by atoms with E-state index in [1.807, 2.05) is 0 Å². The van der Waals surface area contributed by atoms with Crippen LogP contribution in [0.2, 0.25) is 0 Å². The molecule has 0 unspecified atom stereocenters. The van der Waals surface area contributed by atoms with E-state index in [1.165, 1.54) is 0 Å². The lowest BCUT2D eigenvalue weighted by Crippen LogP contribution is -2.13. The SMILES string of the molecule is CS(=O)(=O)C(=O)c1ccc(C(F)(F)F)cc1. The highest BCUT2D eigenvalue weighted by atomic mass is 32.2. The fraction of sp³-hybridized carbons (Fsp3) is 0.222. The number of carbonyl (C=O) groups is 1. The van der Waals surface area contributed by atoms with Crippen LogP contribution in [0.5, 0.6) is 0 Å². The van der Waals surface area contributed by atoms with Crippen molar-refractivity contribution >= 4 is 15.0 Å². The van der Waals surface area contributed by atoms with Crippen LogP contribution < -0.4 is 0 Å². The van der Waals surface area contributed by atoms with Crippen molar-refractivity contribution in [2.24, 2.45) is 0 Å². The molecule has 0 heterocycles. The molecule has 0 saturated carbocycles. The van der Waals surface area contributed by atoms with Gasteiger partial charge in [0.1, 0.15) is 0 Å². The van der Waals surface area contributed by atoms with E-state index in [4.69, 9.17) is 0 Å². The zero-order valence-corrected chi connectivity index (χ0v) is 8.89. The van der Waals surface area contributed by atoms with Gasteiger partial charge in [0.25, 0.3) is 5.12 Å². The lowest BCUT2D eigenvalue weighted by molar-refractivity contribution is -0.137. The number of hydrogen-bond donors (Lipinski definition) is 0. The average Bonchev–Trinajstić information content (AvgIpc) is 2.14. The number of benzene rings is 1. The standard InChI is InChI=1S/C9H7F3O3S/c1-16(14,15)8(13)6-2-4-7(5-3-6)9(10,11)12/h2-5H,1H3. The maximum atomic E-state index is 12.2. The molecule has 1 aromatic rings. The van der Waals surface area contributed by atoms with Gasteiger partial charge in [0.05, 0.1) is 5.56 Å². The second-order valence-electron chi connectivity index (χ2n) is 3.13. The molecule has 1 rings (SSSR count). The molecule has 0 saturated heterocycles. The summed E-state index contributed by atoms with van der Waals surface area (Å²) in [6.07, 6.45) is -3.81. The predicted octanol–water partition coefficient (Wildman–Crippen LogP) is 1.89. The fourth-order valence-corrected chi connectivity index (χ4v) is 1.57. The molecule has 0 fully saturated rings. The first-order valence-corrected chi connectivity index (χ1v) is 5.93. The van der Waals surface area contributed by atoms with Gasteiger partial charge in [-0.1, -0.05) is 0 Å². The van der Waals surface area contributed by atoms with Gasteiger partial charge in [-0.2, -0.15) is 13.2 Å². The molecule has 0 N–H and O–H groups in total. The fourth-order valence-electron chi connectivity index (χ4n) is 1.01. The summed E-state index contributed by atoms with van der Waals surface area (Å²) in [4.78, 5) is 11.2. The van der Waals surface area contributed by atoms with Gasteiger partial charge in [-0.3, -0.25) is 4.79 Å². The minimum Gasteiger partial charge on any atom is -0.276 e. The number of rotatable bonds is 1. The van der Waals surface area contributed by atoms with E-state index >= 15 is 0 Å². The zero-order valence-electron chi connectivity index (χ0n) is 8.08. The second-order valence-corrected chi connectivity index (χ2v) is 5.05. The van der Waals surface area contributed by atoms with E-state index in [9.17, 15) is 26.4 Å². The Morgan fingerprint density at radius 2 is 1.56 bits per heavy atom. The van der Waals surface area contributed by atoms with E-state index < -0.39 is 26.7 Å². The Labute approximate surface area is 89.8 Å². The number of hydrogen-bond acceptors (Lipinski definition) is 3. The first-order chi connectivity index (χ1) is 7.12. The highest BCUT2D eigenvalue weighted by molar-refractivity contribution is 8.06. The van der Waals surface area contributed by atoms with E-state index in [-0.39, 0.29) is 5.56 Å². The van der Waals surface area contributed by atoms with Gasteiger partial charge in [-0.25, -0.2) is 8.42 Å². The molecule has 0 atom stereocenters. The quantitative estimate of drug-likeness (QED) is 0.766. The average molecular weight is 252 g/mol. The third kappa shape index (κ3) is 2.82. The van der Waals surface area contributed by atoms with Gasteiger partial charge < -0.3 is 0 Å². The molecule has 7 heteroatoms. The van der Waals surface area contributed by atoms with Crippen LogP contribution in [-0.4, -0.2) is 19.8 Å². The monoisotopic (exact) mass is 252 g/mol. The van der Waals surface area contributed by atoms with Crippen LogP contribution in [0, 0.1) is 0 Å². The number of sulfone groups is 1. The molecule has 0 radical (unpaired) electrons. The minimum atomic E-state index is -4.51. The minimum absolute atomic E-state index is 0.282. The summed E-state index contributed by atoms with van der Waals surface area (Å²) >= 11 is 0. The molecule has 0 amide bonds. The van der Waals surface area contributed by atoms with Crippen LogP contribution >= 0.6 is 0 Å². The third-order valence-corrected chi connectivity index (χ3v) is 2.69. The maximum absolute atomic E-state index is 12.2. The number of alkyl halides is 3. The van der Waals surface area contributed by atoms with Crippen LogP contribution in [0.4, 0.5) is 13.2 Å². The molecule has 3 nitrogen and oxygen atoms in total. The lowest BCUT2D eigenvalue weighted by Gasteiger charge is -2.06. The Hall–Kier alpha value is -1.37. The van der Waals surface area contributed by atoms with Crippen LogP contribution in [0.15, 0.2) is 24.3 Å². The Bertz CT molecular complexity index is 500. The molecular weight excluding hydrogens is 245 g/mol. The van der Waals surface area contributed by atoms with E-state index in [0.29, 0.717) is 18.4 Å². The Morgan fingerprint density at radius 3 is 1.88 bits per heavy atom. The molecule has 0 bridgehead atoms. The van der Waals surface area contributed by atoms with Crippen molar-refractivity contribution in [3.05, 3.63) is 35.4 Å². The van der Waals surface area contributed by atoms with Gasteiger partial charge in [0.2, 0.25) is 9.84 Å². The van der Waals surface area contributed by atoms with Gasteiger partial charge in [-0.05, 0) is 24.3 Å². The molecule has 88 valence electrons. The summed E-state index contributed by atoms with van der Waals surface area (Å²) < 4.78 is 58.1. The molecule has 0 aliphatic rings. The summed E-state index contributed by atoms with van der Waals surface area (Å²) in [5.74, 6) is 0. The van der Waals surface area contributed by atoms with Gasteiger partial charge >= 0.3 is 6.18 Å². The van der Waals surface area contributed by atoms with Crippen LogP contribution in [-0.2, 0) is 16.0 Å². The predicted molar refractivity (Wildman–Crippen MR) is 50.6 cm³/mol. The van der Waals surface area contributed by atoms with Gasteiger partial charge in [0, 0.05) is 11.8 Å². The lowest BCUT2D eigenvalue weighted by atomic mass is 10.1. The van der Waals surface area contributed by atoms with E-state index in [2.05, 4.69) is 0 Å². The summed E-state index contributed by atoms with van der Waals surface area (Å²) in [5, 5.41) is -1.19. The molecule has 1 aromatic carbocycles. The Morgan fingerprint density at radius 1 is 1.12 bits per heavy atom. The highest BCUT2D eigenvalue weighted by Gasteiger charge is 2.30. The maximum Gasteiger partial charge on any atom is 0.416 e. The first kappa shape index (κ1) is 12.7. The van der Waals surface area contributed by atoms with Crippen molar-refractivity contribution in [2.45, 2.75) is 6.18 Å². The van der Waals surface area contributed by atoms with Crippen molar-refractivity contribution in [1.82, 2.24) is 0 Å². The Kier molecular flexibility index (Phi) is 3.09. The summed E-state index contributed by atoms with van der Waals surface area (Å²) in [5.41, 5.74) is -1.21. The van der Waals surface area contributed by atoms with Crippen LogP contribution in [0.1, 0.15) is 15.9 Å². The van der Waals surface area contributed by atoms with Crippen molar-refractivity contribution < 1.29 is 26.4 Å². The van der Waals surface area contributed by atoms with Crippen molar-refractivity contribution in [3.8, 4) is 0 Å². The number of carbonyl (C=O) groups excluding carboxylic acids is 1. The highest BCUT2D eigenvalue weighted by Crippen LogP contribution is 2.29. The normalized spacial score (nSPS) is 12.5. The summed E-state index contributed by atoms with van der Waals surface area (Å²) in [6, 6.07) is 3.01. The number of halogens is 3. The van der Waals surface area contributed by atoms with E-state index in [0.717, 1.165) is 12.1 Å². The van der Waals surface area contributed by atoms with E-state index in [1.54, 1.807) is 0 Å². The van der Waals surface area contributed by atoms with Gasteiger partial charge in [-0.15, -0.1) is 0 Å². The van der Waals surface area contributed by atoms with Crippen LogP contribution in [0.25, 0.3) is 0 Å². The van der Waals surface area contributed by atoms with Crippen molar-refractivity contribution in [2.75, 3.05) is 6.26 Å². The molecule has 0 aliphatic heterocycles. The van der Waals surface area contributed by atoms with Crippen LogP contribution in [0.3, 0.4) is 0 Å². The molecule has 16 heavy (non-hydrogen) atoms. The first-order valence-electron chi connectivity index (χ1n) is 4.04. The largest absolute Gasteiger partial charge is 0.416 e. The smallest absolute Gasteiger partial charge is 0.276 e. The topological polar surface area (TPSA) is 51.2 Å². The molecule has 0 aliphatic carbocycles. The van der Waals surface area contributed by atoms with Crippen molar-refractivity contribution in [3.63, 3.8) is 0 Å². The molecule has 0 spiro atoms.